The number of carbonyl (C=O) groups is 1. The van der Waals surface area contributed by atoms with Gasteiger partial charge in [0.2, 0.25) is 0 Å². The lowest BCUT2D eigenvalue weighted by molar-refractivity contribution is 0.190. The van der Waals surface area contributed by atoms with Crippen molar-refractivity contribution in [2.75, 3.05) is 31.1 Å². The molecule has 1 aliphatic carbocycles. The quantitative estimate of drug-likeness (QED) is 0.639. The van der Waals surface area contributed by atoms with Gasteiger partial charge in [-0.05, 0) is 60.4 Å². The molecule has 0 radical (unpaired) electrons. The third-order valence-corrected chi connectivity index (χ3v) is 6.42. The van der Waals surface area contributed by atoms with Gasteiger partial charge in [-0.2, -0.15) is 0 Å². The molecule has 1 fully saturated rings. The van der Waals surface area contributed by atoms with Crippen LogP contribution < -0.4 is 10.2 Å². The molecule has 1 unspecified atom stereocenters. The van der Waals surface area contributed by atoms with E-state index in [-0.39, 0.29) is 12.1 Å². The fourth-order valence-electron chi connectivity index (χ4n) is 4.46. The van der Waals surface area contributed by atoms with E-state index in [4.69, 9.17) is 16.0 Å². The van der Waals surface area contributed by atoms with Crippen molar-refractivity contribution >= 4 is 23.3 Å². The molecular weight excluding hydrogens is 412 g/mol. The first-order valence-corrected chi connectivity index (χ1v) is 11.1. The number of fused-ring (bicyclic) bond motifs is 1. The Morgan fingerprint density at radius 2 is 1.90 bits per heavy atom. The number of halogens is 1. The molecule has 6 nitrogen and oxygen atoms in total. The third-order valence-electron chi connectivity index (χ3n) is 6.19. The summed E-state index contributed by atoms with van der Waals surface area (Å²) < 4.78 is 5.60. The number of hydrogen-bond donors (Lipinski definition) is 1. The minimum atomic E-state index is 0.00788. The number of oxazole rings is 1. The highest BCUT2D eigenvalue weighted by atomic mass is 35.5. The molecule has 2 heterocycles. The normalized spacial score (nSPS) is 18.2. The maximum atomic E-state index is 12.8. The first-order valence-electron chi connectivity index (χ1n) is 10.7. The zero-order valence-electron chi connectivity index (χ0n) is 17.5. The van der Waals surface area contributed by atoms with Crippen LogP contribution in [0.25, 0.3) is 11.3 Å². The van der Waals surface area contributed by atoms with Crippen molar-refractivity contribution in [3.63, 3.8) is 0 Å². The Morgan fingerprint density at radius 1 is 1.13 bits per heavy atom. The Morgan fingerprint density at radius 3 is 2.61 bits per heavy atom. The van der Waals surface area contributed by atoms with Gasteiger partial charge in [-0.1, -0.05) is 17.7 Å². The second-order valence-electron chi connectivity index (χ2n) is 8.15. The van der Waals surface area contributed by atoms with Gasteiger partial charge in [0.25, 0.3) is 0 Å². The molecule has 2 amide bonds. The van der Waals surface area contributed by atoms with Crippen LogP contribution in [0.5, 0.6) is 0 Å². The molecule has 31 heavy (non-hydrogen) atoms. The molecule has 1 saturated heterocycles. The Kier molecular flexibility index (Phi) is 5.32. The number of aromatic nitrogens is 1. The number of rotatable bonds is 3. The lowest BCUT2D eigenvalue weighted by atomic mass is 10.1. The van der Waals surface area contributed by atoms with E-state index in [2.05, 4.69) is 45.5 Å². The Hall–Kier alpha value is -2.99. The summed E-state index contributed by atoms with van der Waals surface area (Å²) in [6.45, 7) is 4.85. The number of anilines is 1. The minimum absolute atomic E-state index is 0.00788. The number of nitrogens with one attached hydrogen (secondary N) is 1. The van der Waals surface area contributed by atoms with Gasteiger partial charge < -0.3 is 19.5 Å². The van der Waals surface area contributed by atoms with E-state index < -0.39 is 0 Å². The molecule has 160 valence electrons. The summed E-state index contributed by atoms with van der Waals surface area (Å²) in [6.07, 6.45) is 3.66. The second kappa shape index (κ2) is 8.27. The Balaban J connectivity index is 1.17. The molecule has 7 heteroatoms. The molecule has 1 atom stereocenters. The van der Waals surface area contributed by atoms with Crippen LogP contribution in [0.15, 0.2) is 53.1 Å². The van der Waals surface area contributed by atoms with Gasteiger partial charge in [-0.25, -0.2) is 9.78 Å². The summed E-state index contributed by atoms with van der Waals surface area (Å²) in [7, 11) is 0. The maximum absolute atomic E-state index is 12.8. The average molecular weight is 437 g/mol. The maximum Gasteiger partial charge on any atom is 0.318 e. The fourth-order valence-corrected chi connectivity index (χ4v) is 4.64. The number of nitrogens with zero attached hydrogens (tertiary/aromatic N) is 3. The van der Waals surface area contributed by atoms with E-state index in [0.29, 0.717) is 19.0 Å². The predicted octanol–water partition coefficient (Wildman–Crippen LogP) is 4.82. The van der Waals surface area contributed by atoms with Crippen LogP contribution in [0.4, 0.5) is 10.5 Å². The van der Waals surface area contributed by atoms with E-state index in [1.165, 1.54) is 5.56 Å². The lowest BCUT2D eigenvalue weighted by Crippen LogP contribution is -2.52. The Bertz CT molecular complexity index is 1090. The number of aryl methyl sites for hydroxylation is 2. The molecule has 5 rings (SSSR count). The van der Waals surface area contributed by atoms with E-state index in [1.807, 2.05) is 24.0 Å². The van der Waals surface area contributed by atoms with Crippen LogP contribution in [0.1, 0.15) is 29.5 Å². The van der Waals surface area contributed by atoms with Gasteiger partial charge in [0.1, 0.15) is 0 Å². The molecule has 3 aromatic rings. The van der Waals surface area contributed by atoms with Crippen molar-refractivity contribution < 1.29 is 9.21 Å². The van der Waals surface area contributed by atoms with Crippen LogP contribution in [0.2, 0.25) is 5.02 Å². The van der Waals surface area contributed by atoms with Crippen LogP contribution in [-0.2, 0) is 6.42 Å². The topological polar surface area (TPSA) is 61.6 Å². The van der Waals surface area contributed by atoms with Gasteiger partial charge in [0, 0.05) is 49.4 Å². The van der Waals surface area contributed by atoms with Gasteiger partial charge >= 0.3 is 6.03 Å². The molecule has 2 aliphatic rings. The van der Waals surface area contributed by atoms with Crippen molar-refractivity contribution in [3.05, 3.63) is 70.7 Å². The summed E-state index contributed by atoms with van der Waals surface area (Å²) >= 11 is 6.16. The van der Waals surface area contributed by atoms with Crippen molar-refractivity contribution in [2.24, 2.45) is 0 Å². The van der Waals surface area contributed by atoms with Crippen LogP contribution in [0, 0.1) is 6.92 Å². The Labute approximate surface area is 186 Å². The lowest BCUT2D eigenvalue weighted by Gasteiger charge is -2.36. The molecule has 0 spiro atoms. The third kappa shape index (κ3) is 4.12. The van der Waals surface area contributed by atoms with Gasteiger partial charge in [-0.3, -0.25) is 0 Å². The highest BCUT2D eigenvalue weighted by Gasteiger charge is 2.27. The summed E-state index contributed by atoms with van der Waals surface area (Å²) in [5, 5.41) is 3.93. The van der Waals surface area contributed by atoms with Crippen LogP contribution in [-0.4, -0.2) is 42.1 Å². The highest BCUT2D eigenvalue weighted by molar-refractivity contribution is 6.30. The summed E-state index contributed by atoms with van der Waals surface area (Å²) in [4.78, 5) is 21.2. The molecule has 2 aromatic carbocycles. The molecular formula is C24H25ClN4O2. The first kappa shape index (κ1) is 19.9. The molecule has 0 saturated carbocycles. The van der Waals surface area contributed by atoms with Crippen LogP contribution in [0.3, 0.4) is 0 Å². The standard InChI is InChI=1S/C24H25ClN4O2/c1-16-26-15-23(31-16)18-3-7-20(8-4-18)28-10-12-29(13-11-28)24(30)27-22-9-5-17-2-6-19(25)14-21(17)22/h2-4,6-8,14-15,22H,5,9-13H2,1H3,(H,27,30). The smallest absolute Gasteiger partial charge is 0.318 e. The van der Waals surface area contributed by atoms with Gasteiger partial charge in [-0.15, -0.1) is 0 Å². The van der Waals surface area contributed by atoms with E-state index in [1.54, 1.807) is 6.20 Å². The number of urea groups is 1. The summed E-state index contributed by atoms with van der Waals surface area (Å²) in [5.41, 5.74) is 4.60. The average Bonchev–Trinajstić information content (AvgIpc) is 3.40. The number of benzene rings is 2. The monoisotopic (exact) mass is 436 g/mol. The van der Waals surface area contributed by atoms with Crippen molar-refractivity contribution in [3.8, 4) is 11.3 Å². The second-order valence-corrected chi connectivity index (χ2v) is 8.58. The molecule has 0 bridgehead atoms. The molecule has 1 aliphatic heterocycles. The predicted molar refractivity (Wildman–Crippen MR) is 122 cm³/mol. The van der Waals surface area contributed by atoms with Gasteiger partial charge in [0.15, 0.2) is 11.7 Å². The van der Waals surface area contributed by atoms with Gasteiger partial charge in [0.05, 0.1) is 12.2 Å². The summed E-state index contributed by atoms with van der Waals surface area (Å²) in [6, 6.07) is 14.3. The van der Waals surface area contributed by atoms with Crippen molar-refractivity contribution in [1.82, 2.24) is 15.2 Å². The molecule has 1 N–H and O–H groups in total. The van der Waals surface area contributed by atoms with Crippen LogP contribution >= 0.6 is 11.6 Å². The number of amides is 2. The van der Waals surface area contributed by atoms with E-state index >= 15 is 0 Å². The van der Waals surface area contributed by atoms with Crippen molar-refractivity contribution in [2.45, 2.75) is 25.8 Å². The highest BCUT2D eigenvalue weighted by Crippen LogP contribution is 2.33. The van der Waals surface area contributed by atoms with Crippen molar-refractivity contribution in [1.29, 1.82) is 0 Å². The molecule has 1 aromatic heterocycles. The minimum Gasteiger partial charge on any atom is -0.441 e. The first-order chi connectivity index (χ1) is 15.1. The number of piperazine rings is 1. The SMILES string of the molecule is Cc1ncc(-c2ccc(N3CCN(C(=O)NC4CCc5ccc(Cl)cc54)CC3)cc2)o1. The number of carbonyl (C=O) groups excluding carboxylic acids is 1. The summed E-state index contributed by atoms with van der Waals surface area (Å²) in [5.74, 6) is 1.44. The van der Waals surface area contributed by atoms with E-state index in [0.717, 1.165) is 53.5 Å². The zero-order chi connectivity index (χ0) is 21.4. The fraction of sp³-hybridized carbons (Fsp3) is 0.333. The zero-order valence-corrected chi connectivity index (χ0v) is 18.2. The van der Waals surface area contributed by atoms with E-state index in [9.17, 15) is 4.79 Å². The number of hydrogen-bond acceptors (Lipinski definition) is 4. The largest absolute Gasteiger partial charge is 0.441 e.